The maximum absolute atomic E-state index is 4.05. The summed E-state index contributed by atoms with van der Waals surface area (Å²) in [4.78, 5) is 0. The number of hydrogen-bond acceptors (Lipinski definition) is 2. The number of nitrogens with zero attached hydrogens (tertiary/aromatic N) is 3. The SMILES string of the molecule is Cn1cc(CC2=CCCC2)nn1. The van der Waals surface area contributed by atoms with E-state index in [9.17, 15) is 0 Å². The predicted octanol–water partition coefficient (Wildman–Crippen LogP) is 1.47. The van der Waals surface area contributed by atoms with Crippen LogP contribution in [0.25, 0.3) is 0 Å². The van der Waals surface area contributed by atoms with E-state index in [1.165, 1.54) is 24.8 Å². The fourth-order valence-electron chi connectivity index (χ4n) is 1.61. The van der Waals surface area contributed by atoms with Crippen LogP contribution in [0.5, 0.6) is 0 Å². The molecule has 0 unspecified atom stereocenters. The first-order valence-corrected chi connectivity index (χ1v) is 4.38. The van der Waals surface area contributed by atoms with Crippen molar-refractivity contribution in [1.82, 2.24) is 15.0 Å². The summed E-state index contributed by atoms with van der Waals surface area (Å²) < 4.78 is 1.75. The van der Waals surface area contributed by atoms with Crippen LogP contribution in [-0.4, -0.2) is 15.0 Å². The molecule has 0 N–H and O–H groups in total. The lowest BCUT2D eigenvalue weighted by atomic mass is 10.1. The Morgan fingerprint density at radius 1 is 1.58 bits per heavy atom. The van der Waals surface area contributed by atoms with Crippen molar-refractivity contribution in [1.29, 1.82) is 0 Å². The second-order valence-corrected chi connectivity index (χ2v) is 3.31. The molecule has 3 nitrogen and oxygen atoms in total. The molecule has 0 saturated carbocycles. The normalized spacial score (nSPS) is 16.6. The summed E-state index contributed by atoms with van der Waals surface area (Å²) in [6.07, 6.45) is 9.11. The number of hydrogen-bond donors (Lipinski definition) is 0. The van der Waals surface area contributed by atoms with E-state index in [4.69, 9.17) is 0 Å². The maximum atomic E-state index is 4.05. The minimum atomic E-state index is 0.994. The van der Waals surface area contributed by atoms with Crippen LogP contribution in [0.1, 0.15) is 25.0 Å². The monoisotopic (exact) mass is 163 g/mol. The lowest BCUT2D eigenvalue weighted by molar-refractivity contribution is 0.713. The van der Waals surface area contributed by atoms with Gasteiger partial charge in [-0.15, -0.1) is 5.10 Å². The molecular weight excluding hydrogens is 150 g/mol. The van der Waals surface area contributed by atoms with E-state index in [0.717, 1.165) is 12.1 Å². The first-order chi connectivity index (χ1) is 5.84. The minimum absolute atomic E-state index is 0.994. The fourth-order valence-corrected chi connectivity index (χ4v) is 1.61. The highest BCUT2D eigenvalue weighted by Gasteiger charge is 2.07. The Morgan fingerprint density at radius 3 is 3.08 bits per heavy atom. The van der Waals surface area contributed by atoms with Gasteiger partial charge in [-0.05, 0) is 19.3 Å². The Kier molecular flexibility index (Phi) is 1.94. The number of aryl methyl sites for hydroxylation is 1. The van der Waals surface area contributed by atoms with Gasteiger partial charge in [0.05, 0.1) is 5.69 Å². The molecule has 0 bridgehead atoms. The Balaban J connectivity index is 2.03. The standard InChI is InChI=1S/C9H13N3/c1-12-7-9(10-11-12)6-8-4-2-3-5-8/h4,7H,2-3,5-6H2,1H3. The lowest BCUT2D eigenvalue weighted by Gasteiger charge is -1.95. The summed E-state index contributed by atoms with van der Waals surface area (Å²) in [7, 11) is 1.90. The van der Waals surface area contributed by atoms with Gasteiger partial charge >= 0.3 is 0 Å². The lowest BCUT2D eigenvalue weighted by Crippen LogP contribution is -1.87. The van der Waals surface area contributed by atoms with Gasteiger partial charge in [-0.3, -0.25) is 4.68 Å². The van der Waals surface area contributed by atoms with E-state index < -0.39 is 0 Å². The van der Waals surface area contributed by atoms with E-state index >= 15 is 0 Å². The third kappa shape index (κ3) is 1.55. The molecule has 64 valence electrons. The van der Waals surface area contributed by atoms with Gasteiger partial charge in [0, 0.05) is 19.7 Å². The molecule has 12 heavy (non-hydrogen) atoms. The molecule has 0 amide bonds. The van der Waals surface area contributed by atoms with Crippen LogP contribution in [0, 0.1) is 0 Å². The largest absolute Gasteiger partial charge is 0.255 e. The summed E-state index contributed by atoms with van der Waals surface area (Å²) in [6, 6.07) is 0. The number of rotatable bonds is 2. The van der Waals surface area contributed by atoms with E-state index in [1.54, 1.807) is 4.68 Å². The molecule has 3 heteroatoms. The zero-order valence-corrected chi connectivity index (χ0v) is 7.32. The minimum Gasteiger partial charge on any atom is -0.255 e. The molecule has 0 saturated heterocycles. The van der Waals surface area contributed by atoms with Crippen molar-refractivity contribution in [3.8, 4) is 0 Å². The smallest absolute Gasteiger partial charge is 0.0867 e. The molecule has 0 fully saturated rings. The molecule has 1 aliphatic rings. The average Bonchev–Trinajstić information content (AvgIpc) is 2.63. The molecular formula is C9H13N3. The molecule has 1 heterocycles. The Bertz CT molecular complexity index is 298. The van der Waals surface area contributed by atoms with E-state index in [2.05, 4.69) is 16.4 Å². The van der Waals surface area contributed by atoms with Crippen LogP contribution < -0.4 is 0 Å². The van der Waals surface area contributed by atoms with Crippen LogP contribution in [0.4, 0.5) is 0 Å². The van der Waals surface area contributed by atoms with Crippen LogP contribution in [-0.2, 0) is 13.5 Å². The van der Waals surface area contributed by atoms with Crippen molar-refractivity contribution in [2.24, 2.45) is 7.05 Å². The van der Waals surface area contributed by atoms with Gasteiger partial charge in [-0.1, -0.05) is 16.9 Å². The van der Waals surface area contributed by atoms with Gasteiger partial charge in [0.25, 0.3) is 0 Å². The van der Waals surface area contributed by atoms with Gasteiger partial charge in [0.2, 0.25) is 0 Å². The molecule has 0 aromatic carbocycles. The van der Waals surface area contributed by atoms with E-state index in [0.29, 0.717) is 0 Å². The highest BCUT2D eigenvalue weighted by atomic mass is 15.4. The summed E-state index contributed by atoms with van der Waals surface area (Å²) in [5.74, 6) is 0. The van der Waals surface area contributed by atoms with Crippen molar-refractivity contribution in [2.75, 3.05) is 0 Å². The van der Waals surface area contributed by atoms with Gasteiger partial charge < -0.3 is 0 Å². The molecule has 1 aromatic heterocycles. The van der Waals surface area contributed by atoms with Gasteiger partial charge in [0.15, 0.2) is 0 Å². The van der Waals surface area contributed by atoms with Gasteiger partial charge in [0.1, 0.15) is 0 Å². The van der Waals surface area contributed by atoms with Crippen LogP contribution in [0.3, 0.4) is 0 Å². The van der Waals surface area contributed by atoms with E-state index in [1.807, 2.05) is 13.2 Å². The zero-order chi connectivity index (χ0) is 8.39. The summed E-state index contributed by atoms with van der Waals surface area (Å²) in [5, 5.41) is 7.95. The van der Waals surface area contributed by atoms with Crippen LogP contribution in [0.2, 0.25) is 0 Å². The maximum Gasteiger partial charge on any atom is 0.0867 e. The van der Waals surface area contributed by atoms with Gasteiger partial charge in [-0.2, -0.15) is 0 Å². The molecule has 2 rings (SSSR count). The Hall–Kier alpha value is -1.12. The van der Waals surface area contributed by atoms with Gasteiger partial charge in [-0.25, -0.2) is 0 Å². The molecule has 0 aliphatic heterocycles. The first-order valence-electron chi connectivity index (χ1n) is 4.38. The van der Waals surface area contributed by atoms with Crippen molar-refractivity contribution < 1.29 is 0 Å². The van der Waals surface area contributed by atoms with Crippen molar-refractivity contribution >= 4 is 0 Å². The highest BCUT2D eigenvalue weighted by Crippen LogP contribution is 2.20. The molecule has 1 aromatic rings. The second-order valence-electron chi connectivity index (χ2n) is 3.31. The summed E-state index contributed by atoms with van der Waals surface area (Å²) in [6.45, 7) is 0. The molecule has 0 atom stereocenters. The third-order valence-electron chi connectivity index (χ3n) is 2.19. The highest BCUT2D eigenvalue weighted by molar-refractivity contribution is 5.14. The fraction of sp³-hybridized carbons (Fsp3) is 0.556. The van der Waals surface area contributed by atoms with Crippen molar-refractivity contribution in [3.63, 3.8) is 0 Å². The topological polar surface area (TPSA) is 30.7 Å². The van der Waals surface area contributed by atoms with Crippen LogP contribution >= 0.6 is 0 Å². The van der Waals surface area contributed by atoms with Crippen molar-refractivity contribution in [2.45, 2.75) is 25.7 Å². The Morgan fingerprint density at radius 2 is 2.50 bits per heavy atom. The quantitative estimate of drug-likeness (QED) is 0.618. The summed E-state index contributed by atoms with van der Waals surface area (Å²) in [5.41, 5.74) is 2.61. The van der Waals surface area contributed by atoms with Crippen molar-refractivity contribution in [3.05, 3.63) is 23.5 Å². The zero-order valence-electron chi connectivity index (χ0n) is 7.32. The third-order valence-corrected chi connectivity index (χ3v) is 2.19. The molecule has 1 aliphatic carbocycles. The first kappa shape index (κ1) is 7.53. The molecule has 0 radical (unpaired) electrons. The Labute approximate surface area is 72.1 Å². The number of aromatic nitrogens is 3. The van der Waals surface area contributed by atoms with E-state index in [-0.39, 0.29) is 0 Å². The number of allylic oxidation sites excluding steroid dienone is 2. The molecule has 0 spiro atoms. The van der Waals surface area contributed by atoms with Crippen LogP contribution in [0.15, 0.2) is 17.8 Å². The second kappa shape index (κ2) is 3.09. The average molecular weight is 163 g/mol. The predicted molar refractivity (Wildman–Crippen MR) is 46.6 cm³/mol. The summed E-state index contributed by atoms with van der Waals surface area (Å²) >= 11 is 0.